The lowest BCUT2D eigenvalue weighted by Crippen LogP contribution is -2.36. The normalized spacial score (nSPS) is 14.8. The van der Waals surface area contributed by atoms with Gasteiger partial charge < -0.3 is 19.4 Å². The third-order valence-corrected chi connectivity index (χ3v) is 7.60. The number of para-hydroxylation sites is 1. The van der Waals surface area contributed by atoms with Gasteiger partial charge in [0.05, 0.1) is 14.2 Å². The number of fused-ring (bicyclic) bond motifs is 1. The van der Waals surface area contributed by atoms with Crippen molar-refractivity contribution in [1.82, 2.24) is 9.88 Å². The van der Waals surface area contributed by atoms with Gasteiger partial charge in [0.2, 0.25) is 5.91 Å². The van der Waals surface area contributed by atoms with Gasteiger partial charge in [0.1, 0.15) is 17.3 Å². The van der Waals surface area contributed by atoms with Crippen molar-refractivity contribution >= 4 is 16.8 Å². The molecule has 1 N–H and O–H groups in total. The molecule has 198 valence electrons. The first-order valence-corrected chi connectivity index (χ1v) is 13.4. The molecule has 1 fully saturated rings. The SMILES string of the molecule is COc1cc(OC)cc(C(CC(=O)NC2CCCCC2)c2cn(Cc3ccc(F)cc3)c3ccccc23)c1. The molecule has 0 spiro atoms. The fraction of sp³-hybridized carbons (Fsp3) is 0.344. The fourth-order valence-electron chi connectivity index (χ4n) is 5.63. The third kappa shape index (κ3) is 5.85. The van der Waals surface area contributed by atoms with E-state index in [9.17, 15) is 9.18 Å². The van der Waals surface area contributed by atoms with Crippen LogP contribution in [0.1, 0.15) is 61.1 Å². The Kier molecular flexibility index (Phi) is 7.97. The molecule has 1 atom stereocenters. The van der Waals surface area contributed by atoms with E-state index in [2.05, 4.69) is 28.2 Å². The van der Waals surface area contributed by atoms with Gasteiger partial charge in [0.25, 0.3) is 0 Å². The number of benzene rings is 3. The highest BCUT2D eigenvalue weighted by molar-refractivity contribution is 5.87. The molecule has 0 saturated heterocycles. The summed E-state index contributed by atoms with van der Waals surface area (Å²) in [6.45, 7) is 0.600. The molecule has 38 heavy (non-hydrogen) atoms. The minimum Gasteiger partial charge on any atom is -0.497 e. The standard InChI is InChI=1S/C32H35FN2O3/c1-37-26-16-23(17-27(18-26)38-2)29(19-32(36)34-25-8-4-3-5-9-25)30-21-35(31-11-7-6-10-28(30)31)20-22-12-14-24(33)15-13-22/h6-7,10-18,21,25,29H,3-5,8-9,19-20H2,1-2H3,(H,34,36). The average molecular weight is 515 g/mol. The highest BCUT2D eigenvalue weighted by Crippen LogP contribution is 2.38. The number of rotatable bonds is 9. The molecular formula is C32H35FN2O3. The summed E-state index contributed by atoms with van der Waals surface area (Å²) < 4.78 is 26.9. The molecule has 0 bridgehead atoms. The first-order valence-electron chi connectivity index (χ1n) is 13.4. The van der Waals surface area contributed by atoms with Crippen molar-refractivity contribution in [1.29, 1.82) is 0 Å². The summed E-state index contributed by atoms with van der Waals surface area (Å²) in [6.07, 6.45) is 8.11. The van der Waals surface area contributed by atoms with Crippen LogP contribution in [0.2, 0.25) is 0 Å². The second kappa shape index (κ2) is 11.7. The van der Waals surface area contributed by atoms with Gasteiger partial charge in [-0.25, -0.2) is 4.39 Å². The molecule has 3 aromatic carbocycles. The van der Waals surface area contributed by atoms with Gasteiger partial charge >= 0.3 is 0 Å². The van der Waals surface area contributed by atoms with Gasteiger partial charge in [-0.2, -0.15) is 0 Å². The summed E-state index contributed by atoms with van der Waals surface area (Å²) in [5, 5.41) is 4.39. The van der Waals surface area contributed by atoms with E-state index >= 15 is 0 Å². The van der Waals surface area contributed by atoms with Gasteiger partial charge in [-0.15, -0.1) is 0 Å². The van der Waals surface area contributed by atoms with Gasteiger partial charge in [-0.05, 0) is 59.9 Å². The van der Waals surface area contributed by atoms with Crippen LogP contribution < -0.4 is 14.8 Å². The molecule has 1 aromatic heterocycles. The van der Waals surface area contributed by atoms with Crippen LogP contribution in [0.3, 0.4) is 0 Å². The second-order valence-electron chi connectivity index (χ2n) is 10.2. The van der Waals surface area contributed by atoms with Crippen molar-refractivity contribution in [2.75, 3.05) is 14.2 Å². The lowest BCUT2D eigenvalue weighted by Gasteiger charge is -2.25. The molecule has 1 saturated carbocycles. The second-order valence-corrected chi connectivity index (χ2v) is 10.2. The van der Waals surface area contributed by atoms with E-state index in [0.717, 1.165) is 40.4 Å². The maximum atomic E-state index is 13.5. The molecule has 1 unspecified atom stereocenters. The van der Waals surface area contributed by atoms with Crippen LogP contribution in [0.5, 0.6) is 11.5 Å². The van der Waals surface area contributed by atoms with Gasteiger partial charge in [-0.3, -0.25) is 4.79 Å². The Morgan fingerprint density at radius 3 is 2.34 bits per heavy atom. The average Bonchev–Trinajstić information content (AvgIpc) is 3.31. The number of aromatic nitrogens is 1. The first kappa shape index (κ1) is 25.8. The molecule has 5 nitrogen and oxygen atoms in total. The number of nitrogens with zero attached hydrogens (tertiary/aromatic N) is 1. The molecular weight excluding hydrogens is 479 g/mol. The van der Waals surface area contributed by atoms with Crippen LogP contribution in [0.25, 0.3) is 10.9 Å². The summed E-state index contributed by atoms with van der Waals surface area (Å²) >= 11 is 0. The van der Waals surface area contributed by atoms with Crippen molar-refractivity contribution in [2.45, 2.75) is 57.0 Å². The van der Waals surface area contributed by atoms with Crippen LogP contribution >= 0.6 is 0 Å². The molecule has 6 heteroatoms. The highest BCUT2D eigenvalue weighted by Gasteiger charge is 2.25. The van der Waals surface area contributed by atoms with Crippen LogP contribution in [-0.4, -0.2) is 30.7 Å². The largest absolute Gasteiger partial charge is 0.497 e. The monoisotopic (exact) mass is 514 g/mol. The number of halogens is 1. The minimum absolute atomic E-state index is 0.0547. The molecule has 4 aromatic rings. The highest BCUT2D eigenvalue weighted by atomic mass is 19.1. The van der Waals surface area contributed by atoms with Crippen molar-refractivity contribution in [2.24, 2.45) is 0 Å². The molecule has 0 radical (unpaired) electrons. The predicted molar refractivity (Wildman–Crippen MR) is 148 cm³/mol. The maximum Gasteiger partial charge on any atom is 0.221 e. The Balaban J connectivity index is 1.56. The summed E-state index contributed by atoms with van der Waals surface area (Å²) in [4.78, 5) is 13.4. The van der Waals surface area contributed by atoms with Crippen LogP contribution in [0.4, 0.5) is 4.39 Å². The zero-order valence-corrected chi connectivity index (χ0v) is 22.1. The van der Waals surface area contributed by atoms with E-state index < -0.39 is 0 Å². The quantitative estimate of drug-likeness (QED) is 0.267. The number of hydrogen-bond donors (Lipinski definition) is 1. The number of hydrogen-bond acceptors (Lipinski definition) is 3. The Morgan fingerprint density at radius 2 is 1.66 bits per heavy atom. The Labute approximate surface area is 223 Å². The van der Waals surface area contributed by atoms with Crippen LogP contribution in [0, 0.1) is 5.82 Å². The van der Waals surface area contributed by atoms with E-state index in [0.29, 0.717) is 24.5 Å². The molecule has 1 aliphatic carbocycles. The molecule has 1 heterocycles. The number of carbonyl (C=O) groups excluding carboxylic acids is 1. The predicted octanol–water partition coefficient (Wildman–Crippen LogP) is 6.82. The Hall–Kier alpha value is -3.80. The molecule has 1 amide bonds. The summed E-state index contributed by atoms with van der Waals surface area (Å²) in [7, 11) is 3.27. The van der Waals surface area contributed by atoms with E-state index in [1.807, 2.05) is 42.5 Å². The smallest absolute Gasteiger partial charge is 0.221 e. The first-order chi connectivity index (χ1) is 18.5. The number of ether oxygens (including phenoxy) is 2. The van der Waals surface area contributed by atoms with E-state index in [1.54, 1.807) is 14.2 Å². The zero-order chi connectivity index (χ0) is 26.5. The summed E-state index contributed by atoms with van der Waals surface area (Å²) in [5.74, 6) is 0.975. The van der Waals surface area contributed by atoms with E-state index in [1.165, 1.54) is 31.4 Å². The van der Waals surface area contributed by atoms with Gasteiger partial charge in [0, 0.05) is 48.1 Å². The number of carbonyl (C=O) groups is 1. The van der Waals surface area contributed by atoms with E-state index in [-0.39, 0.29) is 23.7 Å². The van der Waals surface area contributed by atoms with Crippen molar-refractivity contribution in [3.05, 3.63) is 95.4 Å². The van der Waals surface area contributed by atoms with Gasteiger partial charge in [-0.1, -0.05) is 49.6 Å². The number of nitrogens with one attached hydrogen (secondary N) is 1. The Morgan fingerprint density at radius 1 is 0.974 bits per heavy atom. The Bertz CT molecular complexity index is 1370. The van der Waals surface area contributed by atoms with Crippen molar-refractivity contribution in [3.8, 4) is 11.5 Å². The minimum atomic E-state index is -0.247. The summed E-state index contributed by atoms with van der Waals surface area (Å²) in [5.41, 5.74) is 4.11. The lowest BCUT2D eigenvalue weighted by atomic mass is 9.87. The van der Waals surface area contributed by atoms with Crippen LogP contribution in [0.15, 0.2) is 72.9 Å². The zero-order valence-electron chi connectivity index (χ0n) is 22.1. The molecule has 0 aliphatic heterocycles. The number of amides is 1. The summed E-state index contributed by atoms with van der Waals surface area (Å²) in [6, 6.07) is 20.9. The van der Waals surface area contributed by atoms with Crippen molar-refractivity contribution < 1.29 is 18.7 Å². The lowest BCUT2D eigenvalue weighted by molar-refractivity contribution is -0.122. The molecule has 5 rings (SSSR count). The third-order valence-electron chi connectivity index (χ3n) is 7.60. The number of methoxy groups -OCH3 is 2. The molecule has 1 aliphatic rings. The fourth-order valence-corrected chi connectivity index (χ4v) is 5.63. The topological polar surface area (TPSA) is 52.5 Å². The van der Waals surface area contributed by atoms with Crippen molar-refractivity contribution in [3.63, 3.8) is 0 Å². The van der Waals surface area contributed by atoms with E-state index in [4.69, 9.17) is 9.47 Å². The van der Waals surface area contributed by atoms with Gasteiger partial charge in [0.15, 0.2) is 0 Å². The van der Waals surface area contributed by atoms with Crippen LogP contribution in [-0.2, 0) is 11.3 Å². The maximum absolute atomic E-state index is 13.5.